The first-order valence-corrected chi connectivity index (χ1v) is 4.98. The molecule has 0 heterocycles. The van der Waals surface area contributed by atoms with Gasteiger partial charge in [-0.15, -0.1) is 0 Å². The van der Waals surface area contributed by atoms with Crippen molar-refractivity contribution in [2.75, 3.05) is 26.1 Å². The second-order valence-electron chi connectivity index (χ2n) is 3.39. The first-order chi connectivity index (χ1) is 8.08. The molecule has 6 heteroatoms. The number of carbonyl (C=O) groups excluding carboxylic acids is 1. The fourth-order valence-electron chi connectivity index (χ4n) is 1.18. The number of hydrogen-bond acceptors (Lipinski definition) is 6. The van der Waals surface area contributed by atoms with E-state index in [0.717, 1.165) is 0 Å². The van der Waals surface area contributed by atoms with Crippen molar-refractivity contribution in [3.63, 3.8) is 0 Å². The van der Waals surface area contributed by atoms with Gasteiger partial charge in [-0.25, -0.2) is 4.79 Å². The van der Waals surface area contributed by atoms with Gasteiger partial charge in [0.15, 0.2) is 0 Å². The summed E-state index contributed by atoms with van der Waals surface area (Å²) in [5, 5.41) is 17.8. The van der Waals surface area contributed by atoms with Crippen molar-refractivity contribution >= 4 is 11.7 Å². The lowest BCUT2D eigenvalue weighted by Crippen LogP contribution is -2.22. The van der Waals surface area contributed by atoms with Gasteiger partial charge in [0.1, 0.15) is 24.0 Å². The Morgan fingerprint density at radius 3 is 2.82 bits per heavy atom. The Balaban J connectivity index is 2.87. The third-order valence-electron chi connectivity index (χ3n) is 2.05. The molecule has 0 spiro atoms. The molecule has 0 amide bonds. The van der Waals surface area contributed by atoms with Crippen LogP contribution in [0.2, 0.25) is 0 Å². The van der Waals surface area contributed by atoms with Crippen LogP contribution in [0.25, 0.3) is 0 Å². The van der Waals surface area contributed by atoms with Gasteiger partial charge in [0.05, 0.1) is 13.7 Å². The average Bonchev–Trinajstić information content (AvgIpc) is 2.35. The van der Waals surface area contributed by atoms with Gasteiger partial charge in [0.2, 0.25) is 0 Å². The highest BCUT2D eigenvalue weighted by Crippen LogP contribution is 2.22. The lowest BCUT2D eigenvalue weighted by atomic mass is 10.2. The van der Waals surface area contributed by atoms with Crippen LogP contribution in [0, 0.1) is 0 Å². The number of esters is 1. The molecule has 0 saturated carbocycles. The van der Waals surface area contributed by atoms with Gasteiger partial charge in [-0.3, -0.25) is 0 Å². The van der Waals surface area contributed by atoms with Crippen molar-refractivity contribution in [2.45, 2.75) is 6.10 Å². The summed E-state index contributed by atoms with van der Waals surface area (Å²) in [7, 11) is 1.26. The van der Waals surface area contributed by atoms with Gasteiger partial charge < -0.3 is 25.4 Å². The summed E-state index contributed by atoms with van der Waals surface area (Å²) in [4.78, 5) is 11.4. The molecular formula is C11H15NO5. The van der Waals surface area contributed by atoms with Crippen LogP contribution in [0.3, 0.4) is 0 Å². The molecule has 0 aliphatic rings. The molecule has 1 atom stereocenters. The lowest BCUT2D eigenvalue weighted by Gasteiger charge is -2.13. The summed E-state index contributed by atoms with van der Waals surface area (Å²) in [5.41, 5.74) is 6.20. The minimum absolute atomic E-state index is 0.135. The normalized spacial score (nSPS) is 11.9. The monoisotopic (exact) mass is 241 g/mol. The van der Waals surface area contributed by atoms with Gasteiger partial charge in [0, 0.05) is 11.8 Å². The quantitative estimate of drug-likeness (QED) is 0.487. The number of hydrogen-bond donors (Lipinski definition) is 3. The number of benzene rings is 1. The maximum Gasteiger partial charge on any atom is 0.341 e. The molecule has 0 fully saturated rings. The molecule has 0 aromatic heterocycles. The van der Waals surface area contributed by atoms with E-state index in [-0.39, 0.29) is 17.9 Å². The van der Waals surface area contributed by atoms with Gasteiger partial charge in [-0.1, -0.05) is 0 Å². The zero-order valence-corrected chi connectivity index (χ0v) is 9.42. The number of nitrogen functional groups attached to an aromatic ring is 1. The minimum atomic E-state index is -1.01. The first-order valence-electron chi connectivity index (χ1n) is 4.98. The molecule has 0 aliphatic heterocycles. The summed E-state index contributed by atoms with van der Waals surface area (Å²) in [6.45, 7) is -0.556. The van der Waals surface area contributed by atoms with Crippen LogP contribution in [0.4, 0.5) is 5.69 Å². The number of anilines is 1. The molecule has 94 valence electrons. The fourth-order valence-corrected chi connectivity index (χ4v) is 1.18. The van der Waals surface area contributed by atoms with Gasteiger partial charge in [-0.05, 0) is 12.1 Å². The molecule has 0 radical (unpaired) electrons. The van der Waals surface area contributed by atoms with E-state index in [1.165, 1.54) is 19.2 Å². The Morgan fingerprint density at radius 1 is 1.53 bits per heavy atom. The summed E-state index contributed by atoms with van der Waals surface area (Å²) >= 11 is 0. The van der Waals surface area contributed by atoms with E-state index in [4.69, 9.17) is 20.7 Å². The Labute approximate surface area is 98.6 Å². The average molecular weight is 241 g/mol. The largest absolute Gasteiger partial charge is 0.490 e. The van der Waals surface area contributed by atoms with E-state index >= 15 is 0 Å². The smallest absolute Gasteiger partial charge is 0.341 e. The molecule has 4 N–H and O–H groups in total. The molecule has 1 aromatic carbocycles. The number of nitrogens with two attached hydrogens (primary N) is 1. The third kappa shape index (κ3) is 3.61. The van der Waals surface area contributed by atoms with Crippen molar-refractivity contribution in [1.29, 1.82) is 0 Å². The Bertz CT molecular complexity index is 393. The van der Waals surface area contributed by atoms with Crippen molar-refractivity contribution in [2.24, 2.45) is 0 Å². The van der Waals surface area contributed by atoms with Gasteiger partial charge >= 0.3 is 5.97 Å². The highest BCUT2D eigenvalue weighted by molar-refractivity contribution is 5.93. The van der Waals surface area contributed by atoms with Crippen LogP contribution in [0.15, 0.2) is 18.2 Å². The second-order valence-corrected chi connectivity index (χ2v) is 3.39. The zero-order chi connectivity index (χ0) is 12.8. The van der Waals surface area contributed by atoms with E-state index in [1.54, 1.807) is 6.07 Å². The topological polar surface area (TPSA) is 102 Å². The number of aliphatic hydroxyl groups excluding tert-OH is 2. The van der Waals surface area contributed by atoms with Crippen molar-refractivity contribution in [3.8, 4) is 5.75 Å². The van der Waals surface area contributed by atoms with Crippen molar-refractivity contribution in [1.82, 2.24) is 0 Å². The van der Waals surface area contributed by atoms with Crippen LogP contribution in [-0.2, 0) is 4.74 Å². The van der Waals surface area contributed by atoms with E-state index in [1.807, 2.05) is 0 Å². The summed E-state index contributed by atoms with van der Waals surface area (Å²) in [6, 6.07) is 4.47. The molecule has 0 saturated heterocycles. The zero-order valence-electron chi connectivity index (χ0n) is 9.42. The maximum atomic E-state index is 11.4. The molecule has 1 rings (SSSR count). The standard InChI is InChI=1S/C11H15NO5/c1-16-11(15)9-3-2-7(12)4-10(9)17-6-8(14)5-13/h2-4,8,13-14H,5-6,12H2,1H3. The van der Waals surface area contributed by atoms with E-state index in [2.05, 4.69) is 4.74 Å². The van der Waals surface area contributed by atoms with Crippen LogP contribution in [0.1, 0.15) is 10.4 Å². The first kappa shape index (κ1) is 13.3. The van der Waals surface area contributed by atoms with E-state index < -0.39 is 18.7 Å². The highest BCUT2D eigenvalue weighted by atomic mass is 16.5. The molecule has 0 aliphatic carbocycles. The summed E-state index contributed by atoms with van der Waals surface area (Å²) < 4.78 is 9.78. The Morgan fingerprint density at radius 2 is 2.24 bits per heavy atom. The predicted molar refractivity (Wildman–Crippen MR) is 60.8 cm³/mol. The summed E-state index contributed by atoms with van der Waals surface area (Å²) in [6.07, 6.45) is -1.01. The van der Waals surface area contributed by atoms with Crippen molar-refractivity contribution < 1.29 is 24.5 Å². The van der Waals surface area contributed by atoms with E-state index in [9.17, 15) is 4.79 Å². The molecule has 0 bridgehead atoms. The molecule has 6 nitrogen and oxygen atoms in total. The van der Waals surface area contributed by atoms with Crippen LogP contribution in [0.5, 0.6) is 5.75 Å². The molecular weight excluding hydrogens is 226 g/mol. The lowest BCUT2D eigenvalue weighted by molar-refractivity contribution is 0.0504. The SMILES string of the molecule is COC(=O)c1ccc(N)cc1OCC(O)CO. The van der Waals surface area contributed by atoms with E-state index in [0.29, 0.717) is 5.69 Å². The van der Waals surface area contributed by atoms with Crippen LogP contribution in [-0.4, -0.2) is 42.6 Å². The number of ether oxygens (including phenoxy) is 2. The Hall–Kier alpha value is -1.79. The van der Waals surface area contributed by atoms with Crippen LogP contribution >= 0.6 is 0 Å². The maximum absolute atomic E-state index is 11.4. The summed E-state index contributed by atoms with van der Waals surface area (Å²) in [5.74, 6) is -0.345. The predicted octanol–water partition coefficient (Wildman–Crippen LogP) is -0.213. The third-order valence-corrected chi connectivity index (χ3v) is 2.05. The highest BCUT2D eigenvalue weighted by Gasteiger charge is 2.14. The van der Waals surface area contributed by atoms with Crippen LogP contribution < -0.4 is 10.5 Å². The Kier molecular flexibility index (Phi) is 4.74. The van der Waals surface area contributed by atoms with Crippen molar-refractivity contribution in [3.05, 3.63) is 23.8 Å². The minimum Gasteiger partial charge on any atom is -0.490 e. The number of carbonyl (C=O) groups is 1. The number of methoxy groups -OCH3 is 1. The van der Waals surface area contributed by atoms with Gasteiger partial charge in [-0.2, -0.15) is 0 Å². The molecule has 1 unspecified atom stereocenters. The van der Waals surface area contributed by atoms with Gasteiger partial charge in [0.25, 0.3) is 0 Å². The molecule has 1 aromatic rings. The fraction of sp³-hybridized carbons (Fsp3) is 0.364. The second kappa shape index (κ2) is 6.07. The number of rotatable bonds is 5. The number of aliphatic hydroxyl groups is 2. The molecule has 17 heavy (non-hydrogen) atoms.